The Balaban J connectivity index is 0.000000303. The van der Waals surface area contributed by atoms with Crippen LogP contribution in [-0.2, 0) is 23.8 Å². The molecule has 0 aromatic carbocycles. The molecule has 0 heterocycles. The van der Waals surface area contributed by atoms with Gasteiger partial charge in [-0.15, -0.1) is 0 Å². The SMILES string of the molecule is CC[C@H](/C=C/[C@@H](C)[C@H]1CC[C@H]2[C@@H]3CC=C4C[C@@H](O)CC[C@]4(C)[C@H]3CC[C@]12C)C(C)C.O=C(O)CCC(=O)OCCOCCOCCO. The molecule has 0 aliphatic heterocycles. The molecule has 0 saturated heterocycles. The van der Waals surface area contributed by atoms with Crippen molar-refractivity contribution in [2.45, 2.75) is 118 Å². The Morgan fingerprint density at radius 3 is 2.30 bits per heavy atom. The molecule has 270 valence electrons. The standard InChI is InChI=1S/C29H48O.C10H18O7/c1-7-21(19(2)3)9-8-20(4)25-12-13-26-24-11-10-22-18-23(30)14-16-28(22,5)27(24)15-17-29(25,26)6;11-3-4-15-5-6-16-7-8-17-10(14)2-1-9(12)13/h8-10,19-21,23-27,30H,7,11-18H2,1-6H3;11H,1-8H2,(H,12,13)/b9-8+;/t20-,21-,23+,24+,25-,26+,27+,28+,29-;/m1./s1. The number of carbonyl (C=O) groups excluding carboxylic acids is 1. The highest BCUT2D eigenvalue weighted by atomic mass is 16.6. The lowest BCUT2D eigenvalue weighted by atomic mass is 9.47. The Morgan fingerprint density at radius 2 is 1.64 bits per heavy atom. The summed E-state index contributed by atoms with van der Waals surface area (Å²) in [7, 11) is 0. The summed E-state index contributed by atoms with van der Waals surface area (Å²) < 4.78 is 14.7. The van der Waals surface area contributed by atoms with Crippen LogP contribution < -0.4 is 0 Å². The summed E-state index contributed by atoms with van der Waals surface area (Å²) in [5.74, 6) is 4.12. The molecular weight excluding hydrogens is 596 g/mol. The summed E-state index contributed by atoms with van der Waals surface area (Å²) in [6.07, 6.45) is 18.7. The summed E-state index contributed by atoms with van der Waals surface area (Å²) in [6.45, 7) is 16.1. The van der Waals surface area contributed by atoms with Gasteiger partial charge in [-0.1, -0.05) is 65.3 Å². The number of rotatable bonds is 16. The average molecular weight is 663 g/mol. The van der Waals surface area contributed by atoms with E-state index in [0.717, 1.165) is 48.3 Å². The second-order valence-electron chi connectivity index (χ2n) is 15.5. The summed E-state index contributed by atoms with van der Waals surface area (Å²) in [5.41, 5.74) is 2.51. The number of hydrogen-bond donors (Lipinski definition) is 3. The number of allylic oxidation sites excluding steroid dienone is 3. The van der Waals surface area contributed by atoms with E-state index in [-0.39, 0.29) is 45.4 Å². The van der Waals surface area contributed by atoms with E-state index < -0.39 is 11.9 Å². The number of carboxylic acid groups (broad SMARTS) is 1. The van der Waals surface area contributed by atoms with E-state index in [1.807, 2.05) is 0 Å². The van der Waals surface area contributed by atoms with E-state index in [0.29, 0.717) is 30.0 Å². The summed E-state index contributed by atoms with van der Waals surface area (Å²) in [4.78, 5) is 21.1. The van der Waals surface area contributed by atoms with E-state index >= 15 is 0 Å². The normalized spacial score (nSPS) is 32.8. The van der Waals surface area contributed by atoms with Crippen LogP contribution in [0.2, 0.25) is 0 Å². The van der Waals surface area contributed by atoms with Gasteiger partial charge in [-0.25, -0.2) is 0 Å². The van der Waals surface area contributed by atoms with Crippen molar-refractivity contribution < 1.29 is 39.1 Å². The Kier molecular flexibility index (Phi) is 15.9. The zero-order valence-corrected chi connectivity index (χ0v) is 30.3. The zero-order valence-electron chi connectivity index (χ0n) is 30.3. The van der Waals surface area contributed by atoms with Gasteiger partial charge in [0, 0.05) is 0 Å². The van der Waals surface area contributed by atoms with Crippen molar-refractivity contribution in [1.82, 2.24) is 0 Å². The van der Waals surface area contributed by atoms with Crippen molar-refractivity contribution in [3.8, 4) is 0 Å². The van der Waals surface area contributed by atoms with Crippen LogP contribution in [0.4, 0.5) is 0 Å². The molecule has 0 aromatic heterocycles. The lowest BCUT2D eigenvalue weighted by Crippen LogP contribution is -2.50. The number of fused-ring (bicyclic) bond motifs is 5. The monoisotopic (exact) mass is 662 g/mol. The van der Waals surface area contributed by atoms with Crippen molar-refractivity contribution in [3.63, 3.8) is 0 Å². The first kappa shape index (κ1) is 39.7. The van der Waals surface area contributed by atoms with Crippen molar-refractivity contribution in [2.24, 2.45) is 52.3 Å². The predicted octanol–water partition coefficient (Wildman–Crippen LogP) is 7.22. The smallest absolute Gasteiger partial charge is 0.306 e. The largest absolute Gasteiger partial charge is 0.481 e. The van der Waals surface area contributed by atoms with E-state index in [1.165, 1.54) is 44.9 Å². The second-order valence-corrected chi connectivity index (χ2v) is 15.5. The average Bonchev–Trinajstić information content (AvgIpc) is 3.39. The molecule has 0 unspecified atom stereocenters. The van der Waals surface area contributed by atoms with E-state index in [1.54, 1.807) is 5.57 Å². The van der Waals surface area contributed by atoms with Crippen LogP contribution in [0, 0.1) is 52.3 Å². The molecule has 4 aliphatic rings. The fourth-order valence-corrected chi connectivity index (χ4v) is 9.71. The maximum absolute atomic E-state index is 10.9. The number of aliphatic carboxylic acids is 1. The van der Waals surface area contributed by atoms with Gasteiger partial charge in [-0.3, -0.25) is 9.59 Å². The molecule has 47 heavy (non-hydrogen) atoms. The number of aliphatic hydroxyl groups is 2. The molecule has 0 bridgehead atoms. The molecule has 3 N–H and O–H groups in total. The number of hydrogen-bond acceptors (Lipinski definition) is 7. The number of esters is 1. The number of aliphatic hydroxyl groups excluding tert-OH is 2. The van der Waals surface area contributed by atoms with Gasteiger partial charge in [-0.2, -0.15) is 0 Å². The lowest BCUT2D eigenvalue weighted by Gasteiger charge is -2.58. The highest BCUT2D eigenvalue weighted by Gasteiger charge is 2.59. The predicted molar refractivity (Wildman–Crippen MR) is 185 cm³/mol. The molecule has 0 amide bonds. The van der Waals surface area contributed by atoms with Crippen LogP contribution in [0.1, 0.15) is 112 Å². The van der Waals surface area contributed by atoms with Gasteiger partial charge in [0.15, 0.2) is 0 Å². The molecule has 0 spiro atoms. The van der Waals surface area contributed by atoms with Crippen LogP contribution in [0.3, 0.4) is 0 Å². The van der Waals surface area contributed by atoms with Crippen LogP contribution >= 0.6 is 0 Å². The third-order valence-electron chi connectivity index (χ3n) is 12.4. The second kappa shape index (κ2) is 18.9. The minimum atomic E-state index is -1.03. The van der Waals surface area contributed by atoms with Gasteiger partial charge < -0.3 is 29.5 Å². The van der Waals surface area contributed by atoms with Gasteiger partial charge in [0.2, 0.25) is 0 Å². The highest BCUT2D eigenvalue weighted by molar-refractivity contribution is 5.76. The molecule has 0 aromatic rings. The molecule has 9 atom stereocenters. The fraction of sp³-hybridized carbons (Fsp3) is 0.846. The fourth-order valence-electron chi connectivity index (χ4n) is 9.71. The Labute approximate surface area is 284 Å². The maximum atomic E-state index is 10.9. The van der Waals surface area contributed by atoms with Crippen molar-refractivity contribution in [1.29, 1.82) is 0 Å². The van der Waals surface area contributed by atoms with E-state index in [4.69, 9.17) is 24.4 Å². The Bertz CT molecular complexity index is 1040. The van der Waals surface area contributed by atoms with E-state index in [9.17, 15) is 14.7 Å². The van der Waals surface area contributed by atoms with Crippen molar-refractivity contribution >= 4 is 11.9 Å². The number of ether oxygens (including phenoxy) is 3. The van der Waals surface area contributed by atoms with Gasteiger partial charge in [0.25, 0.3) is 0 Å². The van der Waals surface area contributed by atoms with Gasteiger partial charge in [-0.05, 0) is 110 Å². The maximum Gasteiger partial charge on any atom is 0.306 e. The third kappa shape index (κ3) is 10.6. The van der Waals surface area contributed by atoms with Crippen LogP contribution in [0.25, 0.3) is 0 Å². The molecule has 3 fully saturated rings. The van der Waals surface area contributed by atoms with Crippen LogP contribution in [-0.4, -0.2) is 73.0 Å². The first-order valence-corrected chi connectivity index (χ1v) is 18.6. The molecule has 8 nitrogen and oxygen atoms in total. The summed E-state index contributed by atoms with van der Waals surface area (Å²) in [6, 6.07) is 0. The topological polar surface area (TPSA) is 123 Å². The molecule has 4 rings (SSSR count). The minimum Gasteiger partial charge on any atom is -0.481 e. The van der Waals surface area contributed by atoms with Crippen molar-refractivity contribution in [2.75, 3.05) is 39.6 Å². The minimum absolute atomic E-state index is 0.0266. The Morgan fingerprint density at radius 1 is 0.936 bits per heavy atom. The van der Waals surface area contributed by atoms with Gasteiger partial charge in [0.05, 0.1) is 52.0 Å². The van der Waals surface area contributed by atoms with Crippen molar-refractivity contribution in [3.05, 3.63) is 23.8 Å². The highest BCUT2D eigenvalue weighted by Crippen LogP contribution is 2.67. The van der Waals surface area contributed by atoms with Crippen LogP contribution in [0.15, 0.2) is 23.8 Å². The summed E-state index contributed by atoms with van der Waals surface area (Å²) >= 11 is 0. The Hall–Kier alpha value is -1.74. The molecule has 3 saturated carbocycles. The third-order valence-corrected chi connectivity index (χ3v) is 12.4. The first-order chi connectivity index (χ1) is 22.4. The lowest BCUT2D eigenvalue weighted by molar-refractivity contribution is -0.149. The van der Waals surface area contributed by atoms with Crippen LogP contribution in [0.5, 0.6) is 0 Å². The number of carbonyl (C=O) groups is 2. The van der Waals surface area contributed by atoms with Gasteiger partial charge in [0.1, 0.15) is 6.61 Å². The molecule has 8 heteroatoms. The zero-order chi connectivity index (χ0) is 34.6. The molecule has 0 radical (unpaired) electrons. The number of carboxylic acids is 1. The van der Waals surface area contributed by atoms with E-state index in [2.05, 4.69) is 59.8 Å². The molecular formula is C39H66O8. The van der Waals surface area contributed by atoms with Gasteiger partial charge >= 0.3 is 11.9 Å². The molecule has 4 aliphatic carbocycles. The quantitative estimate of drug-likeness (QED) is 0.0900. The first-order valence-electron chi connectivity index (χ1n) is 18.6. The summed E-state index contributed by atoms with van der Waals surface area (Å²) in [5, 5.41) is 26.9.